The second-order valence-electron chi connectivity index (χ2n) is 10.6. The second kappa shape index (κ2) is 14.6. The molecule has 0 aromatic carbocycles. The SMILES string of the molecule is OCC1OC(OC2C(OC3C(CO)OCC(O)C3O)OC(CO)C(O)C2OC2OCC(O)C(O)C2O)C(O)C(O)C1O. The van der Waals surface area contributed by atoms with E-state index in [0.29, 0.717) is 0 Å². The Morgan fingerprint density at radius 3 is 1.57 bits per heavy atom. The Morgan fingerprint density at radius 2 is 0.929 bits per heavy atom. The summed E-state index contributed by atoms with van der Waals surface area (Å²) >= 11 is 0. The number of aliphatic hydroxyl groups is 12. The van der Waals surface area contributed by atoms with E-state index in [2.05, 4.69) is 0 Å². The molecular formula is C23H40O19. The van der Waals surface area contributed by atoms with E-state index in [-0.39, 0.29) is 6.61 Å². The average Bonchev–Trinajstić information content (AvgIpc) is 2.98. The minimum absolute atomic E-state index is 0.350. The molecule has 0 spiro atoms. The molecule has 0 aromatic rings. The van der Waals surface area contributed by atoms with Crippen LogP contribution in [-0.2, 0) is 33.2 Å². The van der Waals surface area contributed by atoms with Gasteiger partial charge in [-0.2, -0.15) is 0 Å². The molecular weight excluding hydrogens is 580 g/mol. The van der Waals surface area contributed by atoms with Crippen LogP contribution < -0.4 is 0 Å². The van der Waals surface area contributed by atoms with E-state index in [9.17, 15) is 61.3 Å². The highest BCUT2D eigenvalue weighted by atomic mass is 16.8. The van der Waals surface area contributed by atoms with Gasteiger partial charge in [-0.15, -0.1) is 0 Å². The van der Waals surface area contributed by atoms with Crippen molar-refractivity contribution in [3.05, 3.63) is 0 Å². The summed E-state index contributed by atoms with van der Waals surface area (Å²) in [4.78, 5) is 0. The maximum absolute atomic E-state index is 11.1. The molecule has 0 saturated carbocycles. The smallest absolute Gasteiger partial charge is 0.187 e. The van der Waals surface area contributed by atoms with Crippen LogP contribution in [-0.4, -0.2) is 205 Å². The molecule has 12 N–H and O–H groups in total. The molecule has 4 fully saturated rings. The van der Waals surface area contributed by atoms with Crippen LogP contribution in [0.1, 0.15) is 0 Å². The Kier molecular flexibility index (Phi) is 11.8. The van der Waals surface area contributed by atoms with Crippen LogP contribution in [0.3, 0.4) is 0 Å². The summed E-state index contributed by atoms with van der Waals surface area (Å²) in [7, 11) is 0. The summed E-state index contributed by atoms with van der Waals surface area (Å²) in [5, 5.41) is 122. The van der Waals surface area contributed by atoms with Crippen molar-refractivity contribution in [1.82, 2.24) is 0 Å². The van der Waals surface area contributed by atoms with E-state index in [1.165, 1.54) is 0 Å². The van der Waals surface area contributed by atoms with Crippen LogP contribution in [0.5, 0.6) is 0 Å². The molecule has 19 heteroatoms. The maximum Gasteiger partial charge on any atom is 0.187 e. The van der Waals surface area contributed by atoms with Crippen molar-refractivity contribution in [2.24, 2.45) is 0 Å². The van der Waals surface area contributed by atoms with Gasteiger partial charge in [0.25, 0.3) is 0 Å². The van der Waals surface area contributed by atoms with Crippen LogP contribution in [0.25, 0.3) is 0 Å². The van der Waals surface area contributed by atoms with Crippen molar-refractivity contribution in [3.63, 3.8) is 0 Å². The lowest BCUT2D eigenvalue weighted by atomic mass is 9.96. The van der Waals surface area contributed by atoms with E-state index in [1.54, 1.807) is 0 Å². The fourth-order valence-electron chi connectivity index (χ4n) is 5.17. The third-order valence-electron chi connectivity index (χ3n) is 7.73. The van der Waals surface area contributed by atoms with E-state index >= 15 is 0 Å². The molecule has 246 valence electrons. The number of hydrogen-bond acceptors (Lipinski definition) is 19. The topological polar surface area (TPSA) is 307 Å². The molecule has 19 nitrogen and oxygen atoms in total. The Morgan fingerprint density at radius 1 is 0.429 bits per heavy atom. The molecule has 0 radical (unpaired) electrons. The normalized spacial score (nSPS) is 52.3. The van der Waals surface area contributed by atoms with Crippen molar-refractivity contribution in [2.75, 3.05) is 33.0 Å². The van der Waals surface area contributed by atoms with Gasteiger partial charge in [0.15, 0.2) is 18.9 Å². The third kappa shape index (κ3) is 6.89. The zero-order valence-electron chi connectivity index (χ0n) is 22.2. The first kappa shape index (κ1) is 34.1. The number of aliphatic hydroxyl groups excluding tert-OH is 12. The molecule has 18 atom stereocenters. The van der Waals surface area contributed by atoms with Crippen molar-refractivity contribution in [2.45, 2.75) is 110 Å². The van der Waals surface area contributed by atoms with Crippen LogP contribution >= 0.6 is 0 Å². The fourth-order valence-corrected chi connectivity index (χ4v) is 5.17. The minimum atomic E-state index is -1.96. The predicted octanol–water partition coefficient (Wildman–Crippen LogP) is -8.43. The molecule has 4 saturated heterocycles. The Bertz CT molecular complexity index is 836. The quantitative estimate of drug-likeness (QED) is 0.114. The van der Waals surface area contributed by atoms with Gasteiger partial charge in [-0.1, -0.05) is 0 Å². The molecule has 0 bridgehead atoms. The van der Waals surface area contributed by atoms with Gasteiger partial charge in [0, 0.05) is 0 Å². The maximum atomic E-state index is 11.1. The zero-order valence-corrected chi connectivity index (χ0v) is 22.2. The molecule has 4 rings (SSSR count). The van der Waals surface area contributed by atoms with Gasteiger partial charge in [0.2, 0.25) is 0 Å². The lowest BCUT2D eigenvalue weighted by molar-refractivity contribution is -0.398. The summed E-state index contributed by atoms with van der Waals surface area (Å²) in [5.41, 5.74) is 0. The fraction of sp³-hybridized carbons (Fsp3) is 1.00. The number of rotatable bonds is 9. The van der Waals surface area contributed by atoms with Gasteiger partial charge in [0.1, 0.15) is 91.6 Å². The van der Waals surface area contributed by atoms with Gasteiger partial charge in [-0.05, 0) is 0 Å². The molecule has 42 heavy (non-hydrogen) atoms. The van der Waals surface area contributed by atoms with E-state index < -0.39 is 137 Å². The molecule has 0 aromatic heterocycles. The van der Waals surface area contributed by atoms with Crippen molar-refractivity contribution in [3.8, 4) is 0 Å². The highest BCUT2D eigenvalue weighted by Crippen LogP contribution is 2.34. The Labute approximate surface area is 238 Å². The largest absolute Gasteiger partial charge is 0.394 e. The van der Waals surface area contributed by atoms with Crippen LogP contribution in [0.2, 0.25) is 0 Å². The first-order chi connectivity index (χ1) is 19.9. The first-order valence-corrected chi connectivity index (χ1v) is 13.4. The summed E-state index contributed by atoms with van der Waals surface area (Å²) in [6.45, 7) is -3.19. The third-order valence-corrected chi connectivity index (χ3v) is 7.73. The summed E-state index contributed by atoms with van der Waals surface area (Å²) < 4.78 is 39.0. The van der Waals surface area contributed by atoms with Gasteiger partial charge in [-0.3, -0.25) is 0 Å². The Hall–Kier alpha value is -0.760. The standard InChI is InChI=1S/C23H40O19/c24-1-8-13(31)15(33)17(35)22(38-8)42-20-19(41-21-16(34)11(29)6(27)5-37-21)14(32)9(2-25)39-23(20)40-18-10(3-26)36-4-7(28)12(18)30/h6-35H,1-5H2. The number of hydrogen-bond donors (Lipinski definition) is 12. The molecule has 0 aliphatic carbocycles. The van der Waals surface area contributed by atoms with Crippen LogP contribution in [0.15, 0.2) is 0 Å². The molecule has 4 aliphatic heterocycles. The first-order valence-electron chi connectivity index (χ1n) is 13.4. The summed E-state index contributed by atoms with van der Waals surface area (Å²) in [6.07, 6.45) is -30.1. The van der Waals surface area contributed by atoms with Gasteiger partial charge in [-0.25, -0.2) is 0 Å². The highest BCUT2D eigenvalue weighted by molar-refractivity contribution is 4.97. The van der Waals surface area contributed by atoms with Crippen LogP contribution in [0.4, 0.5) is 0 Å². The molecule has 0 amide bonds. The van der Waals surface area contributed by atoms with E-state index in [4.69, 9.17) is 33.2 Å². The molecule has 4 aliphatic rings. The highest BCUT2D eigenvalue weighted by Gasteiger charge is 2.55. The summed E-state index contributed by atoms with van der Waals surface area (Å²) in [6, 6.07) is 0. The zero-order chi connectivity index (χ0) is 30.9. The van der Waals surface area contributed by atoms with Crippen molar-refractivity contribution in [1.29, 1.82) is 0 Å². The Balaban J connectivity index is 1.67. The van der Waals surface area contributed by atoms with E-state index in [0.717, 1.165) is 0 Å². The summed E-state index contributed by atoms with van der Waals surface area (Å²) in [5.74, 6) is 0. The monoisotopic (exact) mass is 620 g/mol. The van der Waals surface area contributed by atoms with E-state index in [1.807, 2.05) is 0 Å². The predicted molar refractivity (Wildman–Crippen MR) is 127 cm³/mol. The second-order valence-corrected chi connectivity index (χ2v) is 10.6. The van der Waals surface area contributed by atoms with Gasteiger partial charge < -0.3 is 94.4 Å². The minimum Gasteiger partial charge on any atom is -0.394 e. The average molecular weight is 621 g/mol. The number of ether oxygens (including phenoxy) is 7. The van der Waals surface area contributed by atoms with Gasteiger partial charge in [0.05, 0.1) is 33.0 Å². The molecule has 18 unspecified atom stereocenters. The van der Waals surface area contributed by atoms with Crippen LogP contribution in [0, 0.1) is 0 Å². The van der Waals surface area contributed by atoms with Crippen molar-refractivity contribution >= 4 is 0 Å². The molecule has 4 heterocycles. The van der Waals surface area contributed by atoms with Gasteiger partial charge >= 0.3 is 0 Å². The lowest BCUT2D eigenvalue weighted by Gasteiger charge is -2.49. The lowest BCUT2D eigenvalue weighted by Crippen LogP contribution is -2.68. The van der Waals surface area contributed by atoms with Crippen molar-refractivity contribution < 1.29 is 94.4 Å².